The van der Waals surface area contributed by atoms with Gasteiger partial charge in [0.2, 0.25) is 0 Å². The van der Waals surface area contributed by atoms with E-state index >= 15 is 0 Å². The summed E-state index contributed by atoms with van der Waals surface area (Å²) in [6, 6.07) is 17.7. The van der Waals surface area contributed by atoms with Crippen LogP contribution in [0.4, 0.5) is 0 Å². The summed E-state index contributed by atoms with van der Waals surface area (Å²) in [6.07, 6.45) is 0. The largest absolute Gasteiger partial charge is 0.496 e. The molecule has 0 saturated heterocycles. The summed E-state index contributed by atoms with van der Waals surface area (Å²) in [4.78, 5) is 0. The van der Waals surface area contributed by atoms with Crippen molar-refractivity contribution in [3.63, 3.8) is 0 Å². The van der Waals surface area contributed by atoms with Crippen LogP contribution in [0.1, 0.15) is 5.56 Å². The van der Waals surface area contributed by atoms with E-state index in [2.05, 4.69) is 6.58 Å². The zero-order valence-corrected chi connectivity index (χ0v) is 29.3. The minimum atomic E-state index is 0.309. The van der Waals surface area contributed by atoms with Gasteiger partial charge in [-0.25, -0.2) is 0 Å². The zero-order valence-electron chi connectivity index (χ0n) is 28.5. The third-order valence-corrected chi connectivity index (χ3v) is 9.59. The molecule has 0 spiro atoms. The van der Waals surface area contributed by atoms with E-state index in [1.807, 2.05) is 54.6 Å². The van der Waals surface area contributed by atoms with Gasteiger partial charge in [-0.1, -0.05) is 18.2 Å². The Bertz CT molecular complexity index is 2520. The van der Waals surface area contributed by atoms with Crippen LogP contribution in [0.2, 0.25) is 0 Å². The van der Waals surface area contributed by atoms with E-state index in [4.69, 9.17) is 49.5 Å². The number of hydrogen-bond acceptors (Lipinski definition) is 8. The number of hydrogen-bond donors (Lipinski definition) is 0. The number of fused-ring (bicyclic) bond motifs is 11. The Morgan fingerprint density at radius 1 is 0.388 bits per heavy atom. The second-order valence-corrected chi connectivity index (χ2v) is 11.9. The summed E-state index contributed by atoms with van der Waals surface area (Å²) in [7, 11) is 13.2. The highest BCUT2D eigenvalue weighted by Crippen LogP contribution is 2.55. The molecule has 7 rings (SSSR count). The summed E-state index contributed by atoms with van der Waals surface area (Å²) in [5, 5.41) is 10.3. The van der Waals surface area contributed by atoms with Crippen LogP contribution in [-0.4, -0.2) is 56.9 Å². The minimum absolute atomic E-state index is 0.309. The molecule has 0 radical (unpaired) electrons. The molecule has 0 saturated carbocycles. The lowest BCUT2D eigenvalue weighted by atomic mass is 9.86. The molecule has 0 aliphatic heterocycles. The lowest BCUT2D eigenvalue weighted by Crippen LogP contribution is -1.99. The maximum atomic E-state index is 6.63. The molecule has 0 fully saturated rings. The fourth-order valence-corrected chi connectivity index (χ4v) is 7.54. The molecular formula is C40H35ClO8. The van der Waals surface area contributed by atoms with Crippen molar-refractivity contribution in [3.05, 3.63) is 66.7 Å². The fourth-order valence-electron chi connectivity index (χ4n) is 7.40. The Morgan fingerprint density at radius 3 is 1.22 bits per heavy atom. The van der Waals surface area contributed by atoms with Gasteiger partial charge >= 0.3 is 0 Å². The highest BCUT2D eigenvalue weighted by atomic mass is 35.5. The molecule has 8 nitrogen and oxygen atoms in total. The third-order valence-electron chi connectivity index (χ3n) is 9.39. The average Bonchev–Trinajstić information content (AvgIpc) is 3.14. The molecule has 0 aromatic heterocycles. The molecule has 0 heterocycles. The lowest BCUT2D eigenvalue weighted by Gasteiger charge is -2.23. The number of halogens is 1. The maximum Gasteiger partial charge on any atom is 0.169 e. The van der Waals surface area contributed by atoms with Crippen LogP contribution >= 0.6 is 11.6 Å². The van der Waals surface area contributed by atoms with Gasteiger partial charge in [0.05, 0.1) is 56.9 Å². The van der Waals surface area contributed by atoms with Crippen LogP contribution in [0.3, 0.4) is 0 Å². The molecule has 0 N–H and O–H groups in total. The molecule has 0 unspecified atom stereocenters. The zero-order chi connectivity index (χ0) is 34.7. The predicted octanol–water partition coefficient (Wildman–Crippen LogP) is 9.88. The third kappa shape index (κ3) is 4.43. The Morgan fingerprint density at radius 2 is 0.776 bits per heavy atom. The molecule has 250 valence electrons. The van der Waals surface area contributed by atoms with Crippen LogP contribution in [0, 0.1) is 0 Å². The van der Waals surface area contributed by atoms with Gasteiger partial charge in [-0.05, 0) is 54.6 Å². The first-order chi connectivity index (χ1) is 23.8. The summed E-state index contributed by atoms with van der Waals surface area (Å²) in [5.74, 6) is 4.93. The maximum absolute atomic E-state index is 6.63. The van der Waals surface area contributed by atoms with E-state index in [0.29, 0.717) is 56.6 Å². The Balaban J connectivity index is 1.98. The van der Waals surface area contributed by atoms with Gasteiger partial charge in [-0.2, -0.15) is 0 Å². The molecule has 7 aromatic carbocycles. The lowest BCUT2D eigenvalue weighted by molar-refractivity contribution is 0.362. The van der Waals surface area contributed by atoms with Crippen LogP contribution in [-0.2, 0) is 0 Å². The van der Waals surface area contributed by atoms with E-state index in [9.17, 15) is 0 Å². The number of methoxy groups -OCH3 is 8. The molecule has 0 aliphatic rings. The smallest absolute Gasteiger partial charge is 0.169 e. The van der Waals surface area contributed by atoms with Crippen LogP contribution in [0.5, 0.6) is 46.0 Å². The first-order valence-corrected chi connectivity index (χ1v) is 15.8. The Kier molecular flexibility index (Phi) is 7.99. The van der Waals surface area contributed by atoms with Gasteiger partial charge in [-0.3, -0.25) is 0 Å². The standard InChI is InChI=1S/C40H35ClO8/c1-19(41)24-16-31(46-6)26-18-30(45-5)21-11-13-23-36(34(21)37(26)38(24)47-7)35-22(39(48-8)40(23)49-9)12-10-20-29(44-4)17-25-27(42-2)14-15-28(43-3)32(25)33(20)35/h10-18H,1H2,2-9H3. The van der Waals surface area contributed by atoms with E-state index in [1.165, 1.54) is 0 Å². The van der Waals surface area contributed by atoms with Crippen LogP contribution in [0.25, 0.3) is 69.7 Å². The second-order valence-electron chi connectivity index (χ2n) is 11.4. The minimum Gasteiger partial charge on any atom is -0.496 e. The van der Waals surface area contributed by atoms with E-state index in [0.717, 1.165) is 64.6 Å². The van der Waals surface area contributed by atoms with E-state index in [-0.39, 0.29) is 0 Å². The first kappa shape index (κ1) is 32.1. The summed E-state index contributed by atoms with van der Waals surface area (Å²) < 4.78 is 48.4. The van der Waals surface area contributed by atoms with Crippen molar-refractivity contribution in [3.8, 4) is 46.0 Å². The van der Waals surface area contributed by atoms with Gasteiger partial charge < -0.3 is 37.9 Å². The van der Waals surface area contributed by atoms with Gasteiger partial charge in [0, 0.05) is 75.2 Å². The van der Waals surface area contributed by atoms with E-state index < -0.39 is 0 Å². The predicted molar refractivity (Wildman–Crippen MR) is 199 cm³/mol. The van der Waals surface area contributed by atoms with Crippen molar-refractivity contribution < 1.29 is 37.9 Å². The summed E-state index contributed by atoms with van der Waals surface area (Å²) in [5.41, 5.74) is 0.602. The number of ether oxygens (including phenoxy) is 8. The topological polar surface area (TPSA) is 73.8 Å². The molecule has 9 heteroatoms. The van der Waals surface area contributed by atoms with E-state index in [1.54, 1.807) is 56.9 Å². The highest BCUT2D eigenvalue weighted by molar-refractivity contribution is 6.49. The molecule has 0 atom stereocenters. The summed E-state index contributed by atoms with van der Waals surface area (Å²) >= 11 is 6.63. The second kappa shape index (κ2) is 12.2. The fraction of sp³-hybridized carbons (Fsp3) is 0.200. The summed E-state index contributed by atoms with van der Waals surface area (Å²) in [6.45, 7) is 4.05. The SMILES string of the molecule is C=C(Cl)c1cc(OC)c2cc(OC)c3ccc4c(OC)c(OC)c5ccc6c(OC)cc7c(OC)ccc(OC)c7c6c5c4c3c2c1OC. The quantitative estimate of drug-likeness (QED) is 0.140. The molecule has 0 aliphatic carbocycles. The monoisotopic (exact) mass is 678 g/mol. The van der Waals surface area contributed by atoms with Crippen molar-refractivity contribution in [2.24, 2.45) is 0 Å². The van der Waals surface area contributed by atoms with Gasteiger partial charge in [0.25, 0.3) is 0 Å². The van der Waals surface area contributed by atoms with Gasteiger partial charge in [0.15, 0.2) is 11.5 Å². The van der Waals surface area contributed by atoms with Crippen molar-refractivity contribution in [2.45, 2.75) is 0 Å². The molecule has 49 heavy (non-hydrogen) atoms. The molecule has 0 bridgehead atoms. The van der Waals surface area contributed by atoms with Crippen molar-refractivity contribution in [1.29, 1.82) is 0 Å². The molecule has 0 amide bonds. The highest BCUT2D eigenvalue weighted by Gasteiger charge is 2.27. The average molecular weight is 679 g/mol. The molecule has 7 aromatic rings. The van der Waals surface area contributed by atoms with Crippen molar-refractivity contribution in [1.82, 2.24) is 0 Å². The Hall–Kier alpha value is -5.47. The first-order valence-electron chi connectivity index (χ1n) is 15.4. The Labute approximate surface area is 288 Å². The van der Waals surface area contributed by atoms with Crippen LogP contribution < -0.4 is 37.9 Å². The normalized spacial score (nSPS) is 11.4. The van der Waals surface area contributed by atoms with Crippen molar-refractivity contribution in [2.75, 3.05) is 56.9 Å². The molecular weight excluding hydrogens is 644 g/mol. The van der Waals surface area contributed by atoms with Crippen LogP contribution in [0.15, 0.2) is 61.2 Å². The van der Waals surface area contributed by atoms with Crippen molar-refractivity contribution >= 4 is 81.3 Å². The van der Waals surface area contributed by atoms with Gasteiger partial charge in [0.1, 0.15) is 34.5 Å². The number of benzene rings is 7. The number of rotatable bonds is 9. The van der Waals surface area contributed by atoms with Gasteiger partial charge in [-0.15, -0.1) is 0 Å².